The highest BCUT2D eigenvalue weighted by Crippen LogP contribution is 2.21. The molecule has 0 aliphatic heterocycles. The molecule has 6 nitrogen and oxygen atoms in total. The van der Waals surface area contributed by atoms with Crippen molar-refractivity contribution >= 4 is 28.8 Å². The summed E-state index contributed by atoms with van der Waals surface area (Å²) in [6, 6.07) is 15.3. The number of anilines is 1. The first-order valence-electron chi connectivity index (χ1n) is 8.99. The summed E-state index contributed by atoms with van der Waals surface area (Å²) >= 11 is 0. The molecule has 1 N–H and O–H groups in total. The fourth-order valence-corrected chi connectivity index (χ4v) is 3.18. The summed E-state index contributed by atoms with van der Waals surface area (Å²) in [5.74, 6) is 0.380. The lowest BCUT2D eigenvalue weighted by atomic mass is 10.2. The van der Waals surface area contributed by atoms with Crippen molar-refractivity contribution in [3.63, 3.8) is 0 Å². The molecule has 2 aromatic carbocycles. The first kappa shape index (κ1) is 17.7. The molecule has 0 spiro atoms. The summed E-state index contributed by atoms with van der Waals surface area (Å²) in [5, 5.41) is 7.45. The number of amides is 1. The maximum Gasteiger partial charge on any atom is 0.248 e. The Morgan fingerprint density at radius 1 is 1.11 bits per heavy atom. The van der Waals surface area contributed by atoms with Crippen LogP contribution in [0.25, 0.3) is 22.9 Å². The van der Waals surface area contributed by atoms with Crippen LogP contribution in [0, 0.1) is 20.8 Å². The van der Waals surface area contributed by atoms with Crippen molar-refractivity contribution in [3.8, 4) is 5.69 Å². The lowest BCUT2D eigenvalue weighted by Crippen LogP contribution is -2.07. The van der Waals surface area contributed by atoms with Gasteiger partial charge in [0.1, 0.15) is 5.52 Å². The van der Waals surface area contributed by atoms with Gasteiger partial charge in [0.2, 0.25) is 5.91 Å². The maximum atomic E-state index is 12.4. The SMILES string of the molecule is Cc1nc2cc(NC(=O)/C=C/c3c(C)nn(-c4ccccc4)c3C)ccc2o1. The molecule has 0 bridgehead atoms. The van der Waals surface area contributed by atoms with Gasteiger partial charge in [-0.25, -0.2) is 9.67 Å². The number of benzene rings is 2. The van der Waals surface area contributed by atoms with E-state index in [9.17, 15) is 4.79 Å². The van der Waals surface area contributed by atoms with Crippen LogP contribution in [0.15, 0.2) is 59.0 Å². The highest BCUT2D eigenvalue weighted by molar-refractivity contribution is 6.02. The van der Waals surface area contributed by atoms with E-state index in [2.05, 4.69) is 15.4 Å². The lowest BCUT2D eigenvalue weighted by Gasteiger charge is -2.04. The van der Waals surface area contributed by atoms with Gasteiger partial charge in [-0.3, -0.25) is 4.79 Å². The number of nitrogens with zero attached hydrogens (tertiary/aromatic N) is 3. The zero-order valence-electron chi connectivity index (χ0n) is 15.9. The van der Waals surface area contributed by atoms with Crippen molar-refractivity contribution in [1.82, 2.24) is 14.8 Å². The van der Waals surface area contributed by atoms with Gasteiger partial charge in [0, 0.05) is 29.9 Å². The second kappa shape index (κ2) is 7.15. The Kier molecular flexibility index (Phi) is 4.53. The Bertz CT molecular complexity index is 1190. The van der Waals surface area contributed by atoms with E-state index in [4.69, 9.17) is 4.42 Å². The minimum absolute atomic E-state index is 0.217. The van der Waals surface area contributed by atoms with E-state index in [-0.39, 0.29) is 5.91 Å². The van der Waals surface area contributed by atoms with Crippen LogP contribution in [0.5, 0.6) is 0 Å². The largest absolute Gasteiger partial charge is 0.441 e. The first-order chi connectivity index (χ1) is 13.5. The molecule has 0 fully saturated rings. The molecule has 0 atom stereocenters. The van der Waals surface area contributed by atoms with Gasteiger partial charge in [0.25, 0.3) is 0 Å². The zero-order valence-corrected chi connectivity index (χ0v) is 15.9. The second-order valence-electron chi connectivity index (χ2n) is 6.57. The van der Waals surface area contributed by atoms with Gasteiger partial charge in [-0.2, -0.15) is 5.10 Å². The molecule has 2 heterocycles. The van der Waals surface area contributed by atoms with Gasteiger partial charge in [0.05, 0.1) is 11.4 Å². The van der Waals surface area contributed by atoms with Crippen LogP contribution in [-0.2, 0) is 4.79 Å². The second-order valence-corrected chi connectivity index (χ2v) is 6.57. The Morgan fingerprint density at radius 2 is 1.89 bits per heavy atom. The van der Waals surface area contributed by atoms with Crippen LogP contribution >= 0.6 is 0 Å². The Hall–Kier alpha value is -3.67. The quantitative estimate of drug-likeness (QED) is 0.532. The van der Waals surface area contributed by atoms with Crippen LogP contribution in [0.4, 0.5) is 5.69 Å². The van der Waals surface area contributed by atoms with Crippen molar-refractivity contribution in [3.05, 3.63) is 77.4 Å². The van der Waals surface area contributed by atoms with Crippen molar-refractivity contribution in [2.75, 3.05) is 5.32 Å². The summed E-state index contributed by atoms with van der Waals surface area (Å²) in [5.41, 5.74) is 5.85. The number of carbonyl (C=O) groups excluding carboxylic acids is 1. The van der Waals surface area contributed by atoms with E-state index in [1.165, 1.54) is 6.08 Å². The van der Waals surface area contributed by atoms with Gasteiger partial charge in [0.15, 0.2) is 11.5 Å². The number of rotatable bonds is 4. The molecule has 0 saturated carbocycles. The molecular weight excluding hydrogens is 352 g/mol. The zero-order chi connectivity index (χ0) is 19.7. The Labute approximate surface area is 162 Å². The van der Waals surface area contributed by atoms with E-state index >= 15 is 0 Å². The minimum atomic E-state index is -0.217. The summed E-state index contributed by atoms with van der Waals surface area (Å²) < 4.78 is 7.33. The van der Waals surface area contributed by atoms with E-state index in [0.717, 1.165) is 28.2 Å². The summed E-state index contributed by atoms with van der Waals surface area (Å²) in [6.45, 7) is 5.72. The van der Waals surface area contributed by atoms with Crippen LogP contribution in [-0.4, -0.2) is 20.7 Å². The summed E-state index contributed by atoms with van der Waals surface area (Å²) in [6.07, 6.45) is 3.32. The molecule has 4 rings (SSSR count). The highest BCUT2D eigenvalue weighted by Gasteiger charge is 2.11. The third kappa shape index (κ3) is 3.44. The smallest absolute Gasteiger partial charge is 0.248 e. The normalized spacial score (nSPS) is 11.4. The molecule has 0 saturated heterocycles. The highest BCUT2D eigenvalue weighted by atomic mass is 16.3. The summed E-state index contributed by atoms with van der Waals surface area (Å²) in [7, 11) is 0. The number of nitrogens with one attached hydrogen (secondary N) is 1. The molecule has 1 amide bonds. The average Bonchev–Trinajstić information content (AvgIpc) is 3.19. The van der Waals surface area contributed by atoms with Crippen molar-refractivity contribution in [2.24, 2.45) is 0 Å². The molecule has 2 aromatic heterocycles. The molecule has 0 unspecified atom stereocenters. The van der Waals surface area contributed by atoms with Gasteiger partial charge in [-0.1, -0.05) is 18.2 Å². The number of hydrogen-bond acceptors (Lipinski definition) is 4. The number of fused-ring (bicyclic) bond motifs is 1. The van der Waals surface area contributed by atoms with Crippen molar-refractivity contribution < 1.29 is 9.21 Å². The predicted molar refractivity (Wildman–Crippen MR) is 109 cm³/mol. The minimum Gasteiger partial charge on any atom is -0.441 e. The maximum absolute atomic E-state index is 12.4. The first-order valence-corrected chi connectivity index (χ1v) is 8.99. The lowest BCUT2D eigenvalue weighted by molar-refractivity contribution is -0.111. The van der Waals surface area contributed by atoms with Crippen LogP contribution in [0.3, 0.4) is 0 Å². The van der Waals surface area contributed by atoms with E-state index in [1.807, 2.05) is 48.9 Å². The topological polar surface area (TPSA) is 73.0 Å². The monoisotopic (exact) mass is 372 g/mol. The molecule has 0 aliphatic rings. The van der Waals surface area contributed by atoms with E-state index in [0.29, 0.717) is 17.2 Å². The molecule has 0 aliphatic carbocycles. The number of aromatic nitrogens is 3. The van der Waals surface area contributed by atoms with Gasteiger partial charge >= 0.3 is 0 Å². The van der Waals surface area contributed by atoms with Gasteiger partial charge in [-0.15, -0.1) is 0 Å². The molecule has 0 radical (unpaired) electrons. The Morgan fingerprint density at radius 3 is 2.68 bits per heavy atom. The van der Waals surface area contributed by atoms with Crippen LogP contribution in [0.2, 0.25) is 0 Å². The fourth-order valence-electron chi connectivity index (χ4n) is 3.18. The predicted octanol–water partition coefficient (Wildman–Crippen LogP) is 4.59. The summed E-state index contributed by atoms with van der Waals surface area (Å²) in [4.78, 5) is 16.6. The van der Waals surface area contributed by atoms with Crippen molar-refractivity contribution in [1.29, 1.82) is 0 Å². The van der Waals surface area contributed by atoms with Gasteiger partial charge < -0.3 is 9.73 Å². The molecule has 28 heavy (non-hydrogen) atoms. The van der Waals surface area contributed by atoms with E-state index in [1.54, 1.807) is 31.2 Å². The standard InChI is InChI=1S/C22H20N4O2/c1-14-19(15(2)26(25-14)18-7-5-4-6-8-18)10-12-22(27)24-17-9-11-21-20(13-17)23-16(3)28-21/h4-13H,1-3H3,(H,24,27)/b12-10+. The van der Waals surface area contributed by atoms with Gasteiger partial charge in [-0.05, 0) is 50.3 Å². The van der Waals surface area contributed by atoms with Crippen LogP contribution < -0.4 is 5.32 Å². The molecule has 6 heteroatoms. The number of carbonyl (C=O) groups is 1. The number of oxazole rings is 1. The Balaban J connectivity index is 1.53. The van der Waals surface area contributed by atoms with Crippen molar-refractivity contribution in [2.45, 2.75) is 20.8 Å². The van der Waals surface area contributed by atoms with E-state index < -0.39 is 0 Å². The average molecular weight is 372 g/mol. The third-order valence-corrected chi connectivity index (χ3v) is 4.51. The molecular formula is C22H20N4O2. The molecule has 4 aromatic rings. The molecule has 140 valence electrons. The van der Waals surface area contributed by atoms with Crippen LogP contribution in [0.1, 0.15) is 22.8 Å². The number of hydrogen-bond donors (Lipinski definition) is 1. The number of aryl methyl sites for hydroxylation is 2. The fraction of sp³-hybridized carbons (Fsp3) is 0.136. The number of para-hydroxylation sites is 1. The third-order valence-electron chi connectivity index (χ3n) is 4.51.